The second-order valence-corrected chi connectivity index (χ2v) is 9.60. The number of Topliss-reactive ketones (excluding diaryl/α,β-unsaturated/α-hetero) is 1. The minimum atomic E-state index is -0.157. The molecule has 2 fully saturated rings. The first-order valence-corrected chi connectivity index (χ1v) is 10.3. The molecule has 0 spiro atoms. The smallest absolute Gasteiger partial charge is 0.302 e. The van der Waals surface area contributed by atoms with Crippen LogP contribution in [-0.2, 0) is 14.3 Å². The van der Waals surface area contributed by atoms with Gasteiger partial charge in [-0.2, -0.15) is 0 Å². The van der Waals surface area contributed by atoms with Crippen LogP contribution in [0.2, 0.25) is 0 Å². The Balaban J connectivity index is 1.59. The summed E-state index contributed by atoms with van der Waals surface area (Å²) in [4.78, 5) is 23.5. The van der Waals surface area contributed by atoms with E-state index >= 15 is 0 Å². The third-order valence-corrected chi connectivity index (χ3v) is 8.35. The molecule has 3 nitrogen and oxygen atoms in total. The minimum absolute atomic E-state index is 0.0645. The lowest BCUT2D eigenvalue weighted by Gasteiger charge is -2.57. The summed E-state index contributed by atoms with van der Waals surface area (Å²) in [5, 5.41) is 0. The average molecular weight is 357 g/mol. The number of hydrogen-bond acceptors (Lipinski definition) is 3. The van der Waals surface area contributed by atoms with Crippen LogP contribution in [0.5, 0.6) is 0 Å². The van der Waals surface area contributed by atoms with Crippen molar-refractivity contribution in [2.24, 2.45) is 28.6 Å². The van der Waals surface area contributed by atoms with E-state index in [1.807, 2.05) is 0 Å². The molecular weight excluding hydrogens is 324 g/mol. The molecule has 26 heavy (non-hydrogen) atoms. The second kappa shape index (κ2) is 6.07. The molecule has 0 heterocycles. The van der Waals surface area contributed by atoms with Gasteiger partial charge in [-0.05, 0) is 79.6 Å². The van der Waals surface area contributed by atoms with Gasteiger partial charge in [-0.25, -0.2) is 0 Å². The lowest BCUT2D eigenvalue weighted by Crippen LogP contribution is -2.50. The number of ether oxygens (including phenoxy) is 1. The third-order valence-electron chi connectivity index (χ3n) is 8.35. The van der Waals surface area contributed by atoms with E-state index in [0.717, 1.165) is 44.1 Å². The highest BCUT2D eigenvalue weighted by Gasteiger charge is 2.57. The monoisotopic (exact) mass is 356 g/mol. The quantitative estimate of drug-likeness (QED) is 0.516. The number of carbonyl (C=O) groups excluding carboxylic acids is 2. The molecule has 142 valence electrons. The van der Waals surface area contributed by atoms with Crippen LogP contribution in [0.15, 0.2) is 23.3 Å². The van der Waals surface area contributed by atoms with Crippen LogP contribution in [0.3, 0.4) is 0 Å². The number of allylic oxidation sites excluding steroid dienone is 3. The summed E-state index contributed by atoms with van der Waals surface area (Å²) >= 11 is 0. The van der Waals surface area contributed by atoms with Gasteiger partial charge in [0.25, 0.3) is 0 Å². The van der Waals surface area contributed by atoms with Gasteiger partial charge in [0.1, 0.15) is 6.10 Å². The fraction of sp³-hybridized carbons (Fsp3) is 0.739. The maximum atomic E-state index is 12.2. The van der Waals surface area contributed by atoms with Gasteiger partial charge in [0.2, 0.25) is 0 Å². The predicted molar refractivity (Wildman–Crippen MR) is 101 cm³/mol. The van der Waals surface area contributed by atoms with Crippen LogP contribution in [0, 0.1) is 28.6 Å². The third kappa shape index (κ3) is 2.53. The first-order valence-electron chi connectivity index (χ1n) is 10.3. The number of fused-ring (bicyclic) bond motifs is 5. The van der Waals surface area contributed by atoms with Crippen LogP contribution >= 0.6 is 0 Å². The van der Waals surface area contributed by atoms with Crippen molar-refractivity contribution in [1.82, 2.24) is 0 Å². The Labute approximate surface area is 157 Å². The molecule has 3 heteroatoms. The number of ketones is 1. The van der Waals surface area contributed by atoms with Crippen LogP contribution in [0.25, 0.3) is 0 Å². The second-order valence-electron chi connectivity index (χ2n) is 9.60. The van der Waals surface area contributed by atoms with Gasteiger partial charge in [0.15, 0.2) is 5.78 Å². The van der Waals surface area contributed by atoms with Crippen LogP contribution in [0.4, 0.5) is 0 Å². The van der Waals surface area contributed by atoms with E-state index in [9.17, 15) is 9.59 Å². The fourth-order valence-electron chi connectivity index (χ4n) is 7.08. The van der Waals surface area contributed by atoms with Gasteiger partial charge in [-0.15, -0.1) is 0 Å². The molecule has 0 radical (unpaired) electrons. The molecule has 0 aliphatic heterocycles. The first kappa shape index (κ1) is 18.0. The molecular formula is C23H32O3. The Hall–Kier alpha value is -1.38. The van der Waals surface area contributed by atoms with E-state index in [-0.39, 0.29) is 28.7 Å². The Morgan fingerprint density at radius 3 is 2.42 bits per heavy atom. The van der Waals surface area contributed by atoms with Gasteiger partial charge in [0, 0.05) is 13.3 Å². The SMILES string of the molecule is CC(=O)O[C@H]1CC[C@@]2(C)C(=CC[C@@H]3C2CC[C@]2(C)C(C(C)=O)=CC[C@@H]32)C1. The molecule has 0 amide bonds. The van der Waals surface area contributed by atoms with Gasteiger partial charge >= 0.3 is 5.97 Å². The highest BCUT2D eigenvalue weighted by Crippen LogP contribution is 2.65. The van der Waals surface area contributed by atoms with Gasteiger partial charge < -0.3 is 4.74 Å². The zero-order valence-electron chi connectivity index (χ0n) is 16.6. The van der Waals surface area contributed by atoms with Gasteiger partial charge in [-0.1, -0.05) is 31.6 Å². The van der Waals surface area contributed by atoms with Crippen molar-refractivity contribution >= 4 is 11.8 Å². The number of rotatable bonds is 2. The Bertz CT molecular complexity index is 702. The van der Waals surface area contributed by atoms with Crippen molar-refractivity contribution in [3.63, 3.8) is 0 Å². The largest absolute Gasteiger partial charge is 0.462 e. The van der Waals surface area contributed by atoms with E-state index in [4.69, 9.17) is 4.74 Å². The molecule has 0 N–H and O–H groups in total. The summed E-state index contributed by atoms with van der Waals surface area (Å²) < 4.78 is 5.52. The Morgan fingerprint density at radius 1 is 1.00 bits per heavy atom. The number of carbonyl (C=O) groups is 2. The molecule has 4 aliphatic carbocycles. The molecule has 4 rings (SSSR count). The molecule has 4 aliphatic rings. The normalized spacial score (nSPS) is 44.2. The van der Waals surface area contributed by atoms with E-state index in [2.05, 4.69) is 26.0 Å². The topological polar surface area (TPSA) is 43.4 Å². The van der Waals surface area contributed by atoms with Crippen molar-refractivity contribution in [3.8, 4) is 0 Å². The lowest BCUT2D eigenvalue weighted by atomic mass is 9.47. The summed E-state index contributed by atoms with van der Waals surface area (Å²) in [6.45, 7) is 8.05. The van der Waals surface area contributed by atoms with Crippen molar-refractivity contribution < 1.29 is 14.3 Å². The molecule has 0 aromatic heterocycles. The molecule has 1 unspecified atom stereocenters. The molecule has 0 aromatic carbocycles. The summed E-state index contributed by atoms with van der Waals surface area (Å²) in [5.74, 6) is 2.11. The van der Waals surface area contributed by atoms with Gasteiger partial charge in [-0.3, -0.25) is 9.59 Å². The predicted octanol–water partition coefficient (Wildman–Crippen LogP) is 5.01. The number of esters is 1. The molecule has 2 saturated carbocycles. The maximum Gasteiger partial charge on any atom is 0.302 e. The van der Waals surface area contributed by atoms with Crippen molar-refractivity contribution in [1.29, 1.82) is 0 Å². The van der Waals surface area contributed by atoms with E-state index in [0.29, 0.717) is 17.8 Å². The maximum absolute atomic E-state index is 12.2. The van der Waals surface area contributed by atoms with Gasteiger partial charge in [0.05, 0.1) is 0 Å². The van der Waals surface area contributed by atoms with Crippen molar-refractivity contribution in [3.05, 3.63) is 23.3 Å². The standard InChI is InChI=1S/C23H32O3/c1-14(24)19-7-8-20-18-6-5-16-13-17(26-15(2)25)9-11-22(16,3)21(18)10-12-23(19,20)4/h5,7,17-18,20-21H,6,8-13H2,1-4H3/t17-,18-,20-,21?,22-,23+/m0/s1. The van der Waals surface area contributed by atoms with Crippen molar-refractivity contribution in [2.75, 3.05) is 0 Å². The zero-order valence-corrected chi connectivity index (χ0v) is 16.6. The Morgan fingerprint density at radius 2 is 1.73 bits per heavy atom. The summed E-state index contributed by atoms with van der Waals surface area (Å²) in [6.07, 6.45) is 12.3. The highest BCUT2D eigenvalue weighted by atomic mass is 16.5. The zero-order chi connectivity index (χ0) is 18.7. The van der Waals surface area contributed by atoms with E-state index in [1.165, 1.54) is 18.9 Å². The first-order chi connectivity index (χ1) is 12.3. The summed E-state index contributed by atoms with van der Waals surface area (Å²) in [6, 6.07) is 0. The van der Waals surface area contributed by atoms with Crippen molar-refractivity contribution in [2.45, 2.75) is 78.7 Å². The molecule has 0 aromatic rings. The average Bonchev–Trinajstić information content (AvgIpc) is 2.92. The van der Waals surface area contributed by atoms with Crippen LogP contribution < -0.4 is 0 Å². The highest BCUT2D eigenvalue weighted by molar-refractivity contribution is 5.95. The fourth-order valence-corrected chi connectivity index (χ4v) is 7.08. The molecule has 6 atom stereocenters. The summed E-state index contributed by atoms with van der Waals surface area (Å²) in [5.41, 5.74) is 2.96. The molecule has 0 saturated heterocycles. The van der Waals surface area contributed by atoms with Crippen LogP contribution in [-0.4, -0.2) is 17.9 Å². The van der Waals surface area contributed by atoms with Crippen LogP contribution in [0.1, 0.15) is 72.6 Å². The Kier molecular flexibility index (Phi) is 4.20. The number of hydrogen-bond donors (Lipinski definition) is 0. The molecule has 0 bridgehead atoms. The summed E-state index contributed by atoms with van der Waals surface area (Å²) in [7, 11) is 0. The van der Waals surface area contributed by atoms with E-state index < -0.39 is 0 Å². The minimum Gasteiger partial charge on any atom is -0.462 e. The van der Waals surface area contributed by atoms with E-state index in [1.54, 1.807) is 6.92 Å². The lowest BCUT2D eigenvalue weighted by molar-refractivity contribution is -0.148.